The van der Waals surface area contributed by atoms with E-state index in [1.165, 1.54) is 0 Å². The monoisotopic (exact) mass is 289 g/mol. The molecule has 4 heteroatoms. The van der Waals surface area contributed by atoms with E-state index >= 15 is 0 Å². The summed E-state index contributed by atoms with van der Waals surface area (Å²) in [7, 11) is 0. The summed E-state index contributed by atoms with van der Waals surface area (Å²) in [6, 6.07) is 5.76. The van der Waals surface area contributed by atoms with Gasteiger partial charge in [-0.1, -0.05) is 12.1 Å². The zero-order valence-electron chi connectivity index (χ0n) is 12.5. The number of carbonyl (C=O) groups excluding carboxylic acids is 1. The van der Waals surface area contributed by atoms with Crippen LogP contribution in [-0.4, -0.2) is 35.1 Å². The maximum absolute atomic E-state index is 12.3. The van der Waals surface area contributed by atoms with Crippen LogP contribution in [0.2, 0.25) is 0 Å². The smallest absolute Gasteiger partial charge is 0.263 e. The summed E-state index contributed by atoms with van der Waals surface area (Å²) in [6.07, 6.45) is 3.99. The highest BCUT2D eigenvalue weighted by Gasteiger charge is 2.26. The normalized spacial score (nSPS) is 22.8. The number of nitrogens with zero attached hydrogens (tertiary/aromatic N) is 1. The van der Waals surface area contributed by atoms with Gasteiger partial charge in [-0.25, -0.2) is 0 Å². The van der Waals surface area contributed by atoms with Gasteiger partial charge in [0.2, 0.25) is 0 Å². The highest BCUT2D eigenvalue weighted by atomic mass is 16.5. The molecule has 0 spiro atoms. The van der Waals surface area contributed by atoms with Crippen molar-refractivity contribution in [3.05, 3.63) is 29.3 Å². The molecule has 1 heterocycles. The Morgan fingerprint density at radius 2 is 2.10 bits per heavy atom. The van der Waals surface area contributed by atoms with E-state index < -0.39 is 12.2 Å². The van der Waals surface area contributed by atoms with E-state index in [1.807, 2.05) is 30.0 Å². The van der Waals surface area contributed by atoms with Crippen molar-refractivity contribution in [2.45, 2.75) is 51.2 Å². The third-order valence-electron chi connectivity index (χ3n) is 4.50. The van der Waals surface area contributed by atoms with Gasteiger partial charge in [-0.2, -0.15) is 0 Å². The fourth-order valence-electron chi connectivity index (χ4n) is 3.34. The predicted octanol–water partition coefficient (Wildman–Crippen LogP) is 2.45. The summed E-state index contributed by atoms with van der Waals surface area (Å²) in [6.45, 7) is 3.51. The van der Waals surface area contributed by atoms with Crippen LogP contribution in [-0.2, 0) is 11.2 Å². The van der Waals surface area contributed by atoms with Crippen molar-refractivity contribution < 1.29 is 14.6 Å². The average molecular weight is 289 g/mol. The van der Waals surface area contributed by atoms with Crippen LogP contribution in [0.3, 0.4) is 0 Å². The van der Waals surface area contributed by atoms with E-state index in [1.54, 1.807) is 0 Å². The lowest BCUT2D eigenvalue weighted by Crippen LogP contribution is -2.38. The number of rotatable bonds is 3. The highest BCUT2D eigenvalue weighted by molar-refractivity contribution is 5.81. The summed E-state index contributed by atoms with van der Waals surface area (Å²) in [5, 5.41) is 10.1. The lowest BCUT2D eigenvalue weighted by molar-refractivity contribution is -0.136. The zero-order chi connectivity index (χ0) is 14.8. The first-order valence-electron chi connectivity index (χ1n) is 7.92. The van der Waals surface area contributed by atoms with Crippen LogP contribution in [0.1, 0.15) is 49.8 Å². The third kappa shape index (κ3) is 2.91. The van der Waals surface area contributed by atoms with Crippen LogP contribution in [0.15, 0.2) is 18.2 Å². The number of likely N-dealkylation sites (tertiary alicyclic amines) is 1. The van der Waals surface area contributed by atoms with Crippen LogP contribution in [0, 0.1) is 0 Å². The maximum atomic E-state index is 12.3. The number of fused-ring (bicyclic) bond motifs is 1. The summed E-state index contributed by atoms with van der Waals surface area (Å²) < 4.78 is 5.93. The Morgan fingerprint density at radius 3 is 2.86 bits per heavy atom. The fourth-order valence-corrected chi connectivity index (χ4v) is 3.34. The second-order valence-electron chi connectivity index (χ2n) is 6.02. The van der Waals surface area contributed by atoms with Crippen LogP contribution >= 0.6 is 0 Å². The Balaban J connectivity index is 1.75. The summed E-state index contributed by atoms with van der Waals surface area (Å²) in [5.41, 5.74) is 2.02. The molecule has 0 radical (unpaired) electrons. The van der Waals surface area contributed by atoms with E-state index in [0.717, 1.165) is 62.1 Å². The molecule has 1 saturated heterocycles. The highest BCUT2D eigenvalue weighted by Crippen LogP contribution is 2.35. The Kier molecular flexibility index (Phi) is 4.15. The molecule has 1 aliphatic carbocycles. The number of aliphatic hydroxyl groups excluding tert-OH is 1. The lowest BCUT2D eigenvalue weighted by Gasteiger charge is -2.26. The van der Waals surface area contributed by atoms with E-state index in [-0.39, 0.29) is 5.91 Å². The van der Waals surface area contributed by atoms with E-state index in [4.69, 9.17) is 4.74 Å². The Hall–Kier alpha value is -1.55. The summed E-state index contributed by atoms with van der Waals surface area (Å²) in [5.74, 6) is 0.827. The Bertz CT molecular complexity index is 523. The minimum Gasteiger partial charge on any atom is -0.481 e. The summed E-state index contributed by atoms with van der Waals surface area (Å²) in [4.78, 5) is 14.2. The number of hydrogen-bond donors (Lipinski definition) is 1. The van der Waals surface area contributed by atoms with Crippen molar-refractivity contribution in [1.29, 1.82) is 0 Å². The van der Waals surface area contributed by atoms with Gasteiger partial charge in [0.1, 0.15) is 5.75 Å². The molecule has 2 atom stereocenters. The minimum atomic E-state index is -0.464. The average Bonchev–Trinajstić information content (AvgIpc) is 3.02. The topological polar surface area (TPSA) is 49.8 Å². The number of ether oxygens (including phenoxy) is 1. The van der Waals surface area contributed by atoms with Crippen molar-refractivity contribution in [1.82, 2.24) is 4.90 Å². The van der Waals surface area contributed by atoms with E-state index in [9.17, 15) is 9.90 Å². The first-order chi connectivity index (χ1) is 10.2. The quantitative estimate of drug-likeness (QED) is 0.930. The van der Waals surface area contributed by atoms with Gasteiger partial charge in [-0.3, -0.25) is 4.79 Å². The van der Waals surface area contributed by atoms with Crippen molar-refractivity contribution >= 4 is 5.91 Å². The molecule has 114 valence electrons. The molecule has 0 bridgehead atoms. The van der Waals surface area contributed by atoms with Crippen molar-refractivity contribution in [3.8, 4) is 5.75 Å². The second kappa shape index (κ2) is 6.06. The molecule has 1 aromatic rings. The molecular weight excluding hydrogens is 266 g/mol. The molecule has 4 nitrogen and oxygen atoms in total. The molecule has 2 unspecified atom stereocenters. The van der Waals surface area contributed by atoms with Crippen LogP contribution in [0.5, 0.6) is 5.75 Å². The van der Waals surface area contributed by atoms with Crippen molar-refractivity contribution in [2.75, 3.05) is 13.1 Å². The molecule has 3 rings (SSSR count). The molecule has 1 aliphatic heterocycles. The largest absolute Gasteiger partial charge is 0.481 e. The summed E-state index contributed by atoms with van der Waals surface area (Å²) >= 11 is 0. The Labute approximate surface area is 125 Å². The lowest BCUT2D eigenvalue weighted by atomic mass is 9.89. The first-order valence-corrected chi connectivity index (χ1v) is 7.92. The van der Waals surface area contributed by atoms with E-state index in [2.05, 4.69) is 0 Å². The molecule has 1 fully saturated rings. The molecule has 0 aromatic heterocycles. The number of carbonyl (C=O) groups is 1. The number of benzene rings is 1. The predicted molar refractivity (Wildman–Crippen MR) is 80.2 cm³/mol. The number of aliphatic hydroxyl groups is 1. The van der Waals surface area contributed by atoms with Gasteiger partial charge in [0.25, 0.3) is 5.91 Å². The van der Waals surface area contributed by atoms with Gasteiger partial charge in [-0.15, -0.1) is 0 Å². The van der Waals surface area contributed by atoms with Crippen molar-refractivity contribution in [2.24, 2.45) is 0 Å². The first kappa shape index (κ1) is 14.4. The van der Waals surface area contributed by atoms with Gasteiger partial charge in [0, 0.05) is 13.1 Å². The van der Waals surface area contributed by atoms with Gasteiger partial charge >= 0.3 is 0 Å². The standard InChI is InChI=1S/C17H23NO3/c1-12(17(20)18-10-2-3-11-18)21-16-9-5-6-13-14(16)7-4-8-15(13)19/h5-6,9,12,15,19H,2-4,7-8,10-11H2,1H3. The van der Waals surface area contributed by atoms with Crippen LogP contribution in [0.25, 0.3) is 0 Å². The third-order valence-corrected chi connectivity index (χ3v) is 4.50. The zero-order valence-corrected chi connectivity index (χ0v) is 12.5. The Morgan fingerprint density at radius 1 is 1.33 bits per heavy atom. The molecule has 2 aliphatic rings. The molecule has 1 aromatic carbocycles. The van der Waals surface area contributed by atoms with E-state index in [0.29, 0.717) is 0 Å². The molecule has 1 N–H and O–H groups in total. The van der Waals surface area contributed by atoms with Crippen LogP contribution < -0.4 is 4.74 Å². The maximum Gasteiger partial charge on any atom is 0.263 e. The fraction of sp³-hybridized carbons (Fsp3) is 0.588. The molecular formula is C17H23NO3. The van der Waals surface area contributed by atoms with Gasteiger partial charge in [-0.05, 0) is 56.2 Å². The van der Waals surface area contributed by atoms with Gasteiger partial charge in [0.15, 0.2) is 6.10 Å². The molecule has 0 saturated carbocycles. The SMILES string of the molecule is CC(Oc1cccc2c1CCCC2O)C(=O)N1CCCC1. The second-order valence-corrected chi connectivity index (χ2v) is 6.02. The number of amides is 1. The van der Waals surface area contributed by atoms with Gasteiger partial charge < -0.3 is 14.7 Å². The molecule has 1 amide bonds. The van der Waals surface area contributed by atoms with Gasteiger partial charge in [0.05, 0.1) is 6.10 Å². The number of hydrogen-bond acceptors (Lipinski definition) is 3. The molecule has 21 heavy (non-hydrogen) atoms. The van der Waals surface area contributed by atoms with Crippen molar-refractivity contribution in [3.63, 3.8) is 0 Å². The minimum absolute atomic E-state index is 0.0708. The van der Waals surface area contributed by atoms with Crippen LogP contribution in [0.4, 0.5) is 0 Å².